The van der Waals surface area contributed by atoms with Crippen molar-refractivity contribution in [1.82, 2.24) is 4.90 Å². The molecule has 17 heavy (non-hydrogen) atoms. The Kier molecular flexibility index (Phi) is 4.22. The molecule has 0 radical (unpaired) electrons. The number of hydrogen-bond acceptors (Lipinski definition) is 3. The van der Waals surface area contributed by atoms with Crippen LogP contribution in [0, 0.1) is 12.8 Å². The Morgan fingerprint density at radius 2 is 2.47 bits per heavy atom. The smallest absolute Gasteiger partial charge is 0.307 e. The second-order valence-electron chi connectivity index (χ2n) is 4.53. The largest absolute Gasteiger partial charge is 0.481 e. The number of rotatable bonds is 3. The predicted molar refractivity (Wildman–Crippen MR) is 72.4 cm³/mol. The van der Waals surface area contributed by atoms with Crippen molar-refractivity contribution in [3.8, 4) is 0 Å². The number of halogens is 1. The quantitative estimate of drug-likeness (QED) is 0.931. The van der Waals surface area contributed by atoms with Crippen LogP contribution in [0.2, 0.25) is 0 Å². The summed E-state index contributed by atoms with van der Waals surface area (Å²) >= 11 is 5.30. The van der Waals surface area contributed by atoms with Gasteiger partial charge in [-0.3, -0.25) is 9.69 Å². The standard InChI is InChI=1S/C12H16BrNO2S/c1-8-11(13)5-10(17-8)7-14-4-2-3-9(6-14)12(15)16/h5,9H,2-4,6-7H2,1H3,(H,15,16). The third kappa shape index (κ3) is 3.30. The fourth-order valence-corrected chi connectivity index (χ4v) is 3.86. The highest BCUT2D eigenvalue weighted by Crippen LogP contribution is 2.28. The number of aliphatic carboxylic acids is 1. The highest BCUT2D eigenvalue weighted by atomic mass is 79.9. The molecule has 1 unspecified atom stereocenters. The summed E-state index contributed by atoms with van der Waals surface area (Å²) < 4.78 is 1.16. The molecular formula is C12H16BrNO2S. The number of carboxylic acids is 1. The lowest BCUT2D eigenvalue weighted by atomic mass is 9.98. The van der Waals surface area contributed by atoms with Crippen LogP contribution in [0.15, 0.2) is 10.5 Å². The lowest BCUT2D eigenvalue weighted by molar-refractivity contribution is -0.143. The maximum Gasteiger partial charge on any atom is 0.307 e. The van der Waals surface area contributed by atoms with Gasteiger partial charge in [-0.05, 0) is 48.3 Å². The maximum absolute atomic E-state index is 11.0. The van der Waals surface area contributed by atoms with Crippen molar-refractivity contribution in [3.63, 3.8) is 0 Å². The summed E-state index contributed by atoms with van der Waals surface area (Å²) in [5.74, 6) is -0.841. The van der Waals surface area contributed by atoms with Gasteiger partial charge in [0.25, 0.3) is 0 Å². The molecule has 0 saturated carbocycles. The van der Waals surface area contributed by atoms with E-state index in [9.17, 15) is 4.79 Å². The number of thiophene rings is 1. The van der Waals surface area contributed by atoms with Crippen molar-refractivity contribution in [2.24, 2.45) is 5.92 Å². The molecule has 1 fully saturated rings. The van der Waals surface area contributed by atoms with Gasteiger partial charge in [-0.15, -0.1) is 11.3 Å². The van der Waals surface area contributed by atoms with Crippen LogP contribution < -0.4 is 0 Å². The normalized spacial score (nSPS) is 21.6. The monoisotopic (exact) mass is 317 g/mol. The van der Waals surface area contributed by atoms with Gasteiger partial charge in [0, 0.05) is 27.3 Å². The number of carboxylic acid groups (broad SMARTS) is 1. The van der Waals surface area contributed by atoms with Crippen molar-refractivity contribution in [1.29, 1.82) is 0 Å². The van der Waals surface area contributed by atoms with Crippen LogP contribution >= 0.6 is 27.3 Å². The average Bonchev–Trinajstić information content (AvgIpc) is 2.58. The molecule has 2 rings (SSSR count). The van der Waals surface area contributed by atoms with Crippen LogP contribution in [0.4, 0.5) is 0 Å². The van der Waals surface area contributed by atoms with Gasteiger partial charge >= 0.3 is 5.97 Å². The van der Waals surface area contributed by atoms with E-state index < -0.39 is 5.97 Å². The van der Waals surface area contributed by atoms with E-state index in [1.165, 1.54) is 9.75 Å². The van der Waals surface area contributed by atoms with Crippen molar-refractivity contribution in [3.05, 3.63) is 20.3 Å². The topological polar surface area (TPSA) is 40.5 Å². The van der Waals surface area contributed by atoms with Crippen LogP contribution in [0.3, 0.4) is 0 Å². The number of likely N-dealkylation sites (tertiary alicyclic amines) is 1. The molecule has 1 aromatic rings. The van der Waals surface area contributed by atoms with Gasteiger partial charge in [0.05, 0.1) is 5.92 Å². The Labute approximate surface area is 114 Å². The minimum atomic E-state index is -0.654. The third-order valence-electron chi connectivity index (χ3n) is 3.14. The van der Waals surface area contributed by atoms with Gasteiger partial charge < -0.3 is 5.11 Å². The van der Waals surface area contributed by atoms with E-state index in [1.54, 1.807) is 11.3 Å². The van der Waals surface area contributed by atoms with Crippen LogP contribution in [0.1, 0.15) is 22.6 Å². The highest BCUT2D eigenvalue weighted by molar-refractivity contribution is 9.10. The number of carbonyl (C=O) groups is 1. The molecule has 1 aliphatic heterocycles. The Morgan fingerprint density at radius 1 is 1.71 bits per heavy atom. The fraction of sp³-hybridized carbons (Fsp3) is 0.583. The summed E-state index contributed by atoms with van der Waals surface area (Å²) in [4.78, 5) is 15.8. The van der Waals surface area contributed by atoms with E-state index >= 15 is 0 Å². The Balaban J connectivity index is 1.96. The van der Waals surface area contributed by atoms with Crippen LogP contribution in [-0.4, -0.2) is 29.1 Å². The van der Waals surface area contributed by atoms with E-state index in [0.717, 1.165) is 30.4 Å². The summed E-state index contributed by atoms with van der Waals surface area (Å²) in [5, 5.41) is 9.04. The number of hydrogen-bond donors (Lipinski definition) is 1. The molecule has 0 aliphatic carbocycles. The minimum Gasteiger partial charge on any atom is -0.481 e. The molecule has 3 nitrogen and oxygen atoms in total. The summed E-state index contributed by atoms with van der Waals surface area (Å²) in [6.45, 7) is 4.66. The first-order valence-electron chi connectivity index (χ1n) is 5.76. The van der Waals surface area contributed by atoms with Crippen LogP contribution in [0.25, 0.3) is 0 Å². The molecular weight excluding hydrogens is 302 g/mol. The molecule has 1 atom stereocenters. The van der Waals surface area contributed by atoms with Gasteiger partial charge in [-0.25, -0.2) is 0 Å². The molecule has 0 spiro atoms. The van der Waals surface area contributed by atoms with Gasteiger partial charge in [0.15, 0.2) is 0 Å². The summed E-state index contributed by atoms with van der Waals surface area (Å²) in [5.41, 5.74) is 0. The number of piperidine rings is 1. The van der Waals surface area contributed by atoms with Crippen molar-refractivity contribution in [2.75, 3.05) is 13.1 Å². The Morgan fingerprint density at radius 3 is 3.06 bits per heavy atom. The Hall–Kier alpha value is -0.390. The first-order chi connectivity index (χ1) is 8.06. The van der Waals surface area contributed by atoms with E-state index in [1.807, 2.05) is 0 Å². The second kappa shape index (κ2) is 5.50. The highest BCUT2D eigenvalue weighted by Gasteiger charge is 2.25. The van der Waals surface area contributed by atoms with Gasteiger partial charge in [-0.2, -0.15) is 0 Å². The predicted octanol–water partition coefficient (Wildman–Crippen LogP) is 3.12. The van der Waals surface area contributed by atoms with Crippen LogP contribution in [-0.2, 0) is 11.3 Å². The molecule has 1 aliphatic rings. The van der Waals surface area contributed by atoms with Crippen LogP contribution in [0.5, 0.6) is 0 Å². The molecule has 2 heterocycles. The lowest BCUT2D eigenvalue weighted by Gasteiger charge is -2.30. The molecule has 0 bridgehead atoms. The fourth-order valence-electron chi connectivity index (χ4n) is 2.22. The SMILES string of the molecule is Cc1sc(CN2CCCC(C(=O)O)C2)cc1Br. The minimum absolute atomic E-state index is 0.187. The molecule has 0 amide bonds. The zero-order chi connectivity index (χ0) is 12.4. The van der Waals surface area contributed by atoms with Crippen molar-refractivity contribution < 1.29 is 9.90 Å². The molecule has 1 N–H and O–H groups in total. The molecule has 94 valence electrons. The van der Waals surface area contributed by atoms with Crippen molar-refractivity contribution >= 4 is 33.2 Å². The number of nitrogens with zero attached hydrogens (tertiary/aromatic N) is 1. The molecule has 5 heteroatoms. The lowest BCUT2D eigenvalue weighted by Crippen LogP contribution is -2.37. The summed E-state index contributed by atoms with van der Waals surface area (Å²) in [6.07, 6.45) is 1.81. The van der Waals surface area contributed by atoms with E-state index in [4.69, 9.17) is 5.11 Å². The summed E-state index contributed by atoms with van der Waals surface area (Å²) in [7, 11) is 0. The van der Waals surface area contributed by atoms with Gasteiger partial charge in [0.1, 0.15) is 0 Å². The third-order valence-corrected chi connectivity index (χ3v) is 5.26. The van der Waals surface area contributed by atoms with Gasteiger partial charge in [0.2, 0.25) is 0 Å². The molecule has 1 saturated heterocycles. The second-order valence-corrected chi connectivity index (χ2v) is 6.72. The first kappa shape index (κ1) is 13.1. The average molecular weight is 318 g/mol. The zero-order valence-corrected chi connectivity index (χ0v) is 12.2. The molecule has 0 aromatic carbocycles. The van der Waals surface area contributed by atoms with E-state index in [0.29, 0.717) is 6.54 Å². The van der Waals surface area contributed by atoms with Crippen molar-refractivity contribution in [2.45, 2.75) is 26.3 Å². The summed E-state index contributed by atoms with van der Waals surface area (Å²) in [6, 6.07) is 2.14. The number of aryl methyl sites for hydroxylation is 1. The zero-order valence-electron chi connectivity index (χ0n) is 9.78. The van der Waals surface area contributed by atoms with Gasteiger partial charge in [-0.1, -0.05) is 0 Å². The van der Waals surface area contributed by atoms with E-state index in [2.05, 4.69) is 33.8 Å². The first-order valence-corrected chi connectivity index (χ1v) is 7.37. The maximum atomic E-state index is 11.0. The molecule has 1 aromatic heterocycles. The Bertz CT molecular complexity index is 399. The van der Waals surface area contributed by atoms with E-state index in [-0.39, 0.29) is 5.92 Å².